The largest absolute Gasteiger partial charge is 0.496 e. The van der Waals surface area contributed by atoms with Crippen LogP contribution in [0, 0.1) is 0 Å². The minimum Gasteiger partial charge on any atom is -0.496 e. The van der Waals surface area contributed by atoms with E-state index in [1.54, 1.807) is 13.2 Å². The number of carbonyl (C=O) groups is 1. The molecular formula is C13H14ClNO2. The number of ether oxygens (including phenoxy) is 1. The number of nitrogens with two attached hydrogens (primary N) is 1. The molecule has 0 aliphatic heterocycles. The van der Waals surface area contributed by atoms with Crippen molar-refractivity contribution in [3.63, 3.8) is 0 Å². The maximum absolute atomic E-state index is 11.5. The lowest BCUT2D eigenvalue weighted by Crippen LogP contribution is -2.17. The third-order valence-corrected chi connectivity index (χ3v) is 3.14. The molecule has 0 radical (unpaired) electrons. The van der Waals surface area contributed by atoms with Crippen LogP contribution in [-0.2, 0) is 4.79 Å². The van der Waals surface area contributed by atoms with Gasteiger partial charge in [0, 0.05) is 23.1 Å². The van der Waals surface area contributed by atoms with E-state index in [0.29, 0.717) is 23.6 Å². The molecule has 2 N–H and O–H groups in total. The van der Waals surface area contributed by atoms with Crippen molar-refractivity contribution < 1.29 is 9.53 Å². The predicted octanol–water partition coefficient (Wildman–Crippen LogP) is 2.64. The van der Waals surface area contributed by atoms with Gasteiger partial charge in [-0.05, 0) is 36.3 Å². The molecular weight excluding hydrogens is 238 g/mol. The zero-order valence-electron chi connectivity index (χ0n) is 9.57. The molecule has 1 aliphatic carbocycles. The Labute approximate surface area is 105 Å². The maximum Gasteiger partial charge on any atom is 0.158 e. The average Bonchev–Trinajstić information content (AvgIpc) is 2.27. The van der Waals surface area contributed by atoms with Gasteiger partial charge in [-0.2, -0.15) is 0 Å². The number of hydrogen-bond acceptors (Lipinski definition) is 3. The summed E-state index contributed by atoms with van der Waals surface area (Å²) in [5.41, 5.74) is 7.32. The molecule has 0 fully saturated rings. The van der Waals surface area contributed by atoms with Gasteiger partial charge in [-0.15, -0.1) is 0 Å². The Morgan fingerprint density at radius 2 is 2.18 bits per heavy atom. The number of carbonyl (C=O) groups excluding carboxylic acids is 1. The first-order valence-corrected chi connectivity index (χ1v) is 5.80. The number of methoxy groups -OCH3 is 1. The van der Waals surface area contributed by atoms with Crippen LogP contribution in [-0.4, -0.2) is 12.9 Å². The molecule has 2 rings (SSSR count). The predicted molar refractivity (Wildman–Crippen MR) is 67.3 cm³/mol. The standard InChI is InChI=1S/C13H14ClNO2/c1-17-13-3-2-9(14)6-12(13)8-4-10(15)7-11(16)5-8/h2-3,6-8H,4-5,15H2,1H3. The van der Waals surface area contributed by atoms with Crippen LogP contribution in [0.2, 0.25) is 5.02 Å². The molecule has 0 saturated heterocycles. The third-order valence-electron chi connectivity index (χ3n) is 2.91. The molecule has 1 unspecified atom stereocenters. The van der Waals surface area contributed by atoms with Crippen LogP contribution in [0.15, 0.2) is 30.0 Å². The van der Waals surface area contributed by atoms with Crippen LogP contribution < -0.4 is 10.5 Å². The van der Waals surface area contributed by atoms with Gasteiger partial charge in [-0.25, -0.2) is 0 Å². The molecule has 0 bridgehead atoms. The van der Waals surface area contributed by atoms with Gasteiger partial charge >= 0.3 is 0 Å². The first-order chi connectivity index (χ1) is 8.10. The zero-order chi connectivity index (χ0) is 12.4. The van der Waals surface area contributed by atoms with E-state index in [0.717, 1.165) is 11.3 Å². The number of halogens is 1. The van der Waals surface area contributed by atoms with E-state index in [1.807, 2.05) is 12.1 Å². The van der Waals surface area contributed by atoms with Crippen molar-refractivity contribution in [2.75, 3.05) is 7.11 Å². The second-order valence-electron chi connectivity index (χ2n) is 4.18. The third kappa shape index (κ3) is 2.61. The first kappa shape index (κ1) is 12.0. The van der Waals surface area contributed by atoms with Gasteiger partial charge in [0.1, 0.15) is 5.75 Å². The van der Waals surface area contributed by atoms with Gasteiger partial charge in [-0.3, -0.25) is 4.79 Å². The topological polar surface area (TPSA) is 52.3 Å². The monoisotopic (exact) mass is 251 g/mol. The fourth-order valence-electron chi connectivity index (χ4n) is 2.17. The van der Waals surface area contributed by atoms with Crippen molar-refractivity contribution in [1.29, 1.82) is 0 Å². The Bertz CT molecular complexity index is 482. The lowest BCUT2D eigenvalue weighted by molar-refractivity contribution is -0.115. The van der Waals surface area contributed by atoms with Crippen LogP contribution in [0.5, 0.6) is 5.75 Å². The quantitative estimate of drug-likeness (QED) is 0.879. The Balaban J connectivity index is 2.37. The summed E-state index contributed by atoms with van der Waals surface area (Å²) in [6.45, 7) is 0. The minimum atomic E-state index is 0.0563. The van der Waals surface area contributed by atoms with E-state index in [2.05, 4.69) is 0 Å². The van der Waals surface area contributed by atoms with E-state index in [4.69, 9.17) is 22.1 Å². The molecule has 1 atom stereocenters. The van der Waals surface area contributed by atoms with Gasteiger partial charge in [0.05, 0.1) is 7.11 Å². The maximum atomic E-state index is 11.5. The molecule has 0 heterocycles. The van der Waals surface area contributed by atoms with Gasteiger partial charge in [0.15, 0.2) is 5.78 Å². The van der Waals surface area contributed by atoms with Crippen molar-refractivity contribution in [3.05, 3.63) is 40.6 Å². The van der Waals surface area contributed by atoms with Crippen LogP contribution >= 0.6 is 11.6 Å². The zero-order valence-corrected chi connectivity index (χ0v) is 10.3. The summed E-state index contributed by atoms with van der Waals surface area (Å²) in [5.74, 6) is 0.865. The Hall–Kier alpha value is -1.48. The van der Waals surface area contributed by atoms with Gasteiger partial charge in [0.25, 0.3) is 0 Å². The highest BCUT2D eigenvalue weighted by Crippen LogP contribution is 2.36. The second kappa shape index (κ2) is 4.80. The average molecular weight is 252 g/mol. The van der Waals surface area contributed by atoms with Crippen molar-refractivity contribution in [2.45, 2.75) is 18.8 Å². The summed E-state index contributed by atoms with van der Waals surface area (Å²) in [5, 5.41) is 0.640. The lowest BCUT2D eigenvalue weighted by atomic mass is 9.85. The molecule has 1 aliphatic rings. The SMILES string of the molecule is COc1ccc(Cl)cc1C1CC(=O)C=C(N)C1. The van der Waals surface area contributed by atoms with Crippen LogP contribution in [0.3, 0.4) is 0 Å². The molecule has 0 amide bonds. The summed E-state index contributed by atoms with van der Waals surface area (Å²) in [4.78, 5) is 11.5. The van der Waals surface area contributed by atoms with Crippen molar-refractivity contribution in [2.24, 2.45) is 5.73 Å². The van der Waals surface area contributed by atoms with Gasteiger partial charge in [0.2, 0.25) is 0 Å². The number of rotatable bonds is 2. The molecule has 90 valence electrons. The molecule has 0 saturated carbocycles. The lowest BCUT2D eigenvalue weighted by Gasteiger charge is -2.22. The molecule has 0 spiro atoms. The first-order valence-electron chi connectivity index (χ1n) is 5.42. The Morgan fingerprint density at radius 3 is 2.82 bits per heavy atom. The van der Waals surface area contributed by atoms with Crippen LogP contribution in [0.25, 0.3) is 0 Å². The van der Waals surface area contributed by atoms with E-state index in [9.17, 15) is 4.79 Å². The summed E-state index contributed by atoms with van der Waals surface area (Å²) in [7, 11) is 1.61. The smallest absolute Gasteiger partial charge is 0.158 e. The number of hydrogen-bond donors (Lipinski definition) is 1. The molecule has 0 aromatic heterocycles. The summed E-state index contributed by atoms with van der Waals surface area (Å²) in [6.07, 6.45) is 2.63. The highest BCUT2D eigenvalue weighted by Gasteiger charge is 2.23. The normalized spacial score (nSPS) is 20.0. The van der Waals surface area contributed by atoms with Crippen molar-refractivity contribution in [3.8, 4) is 5.75 Å². The molecule has 3 nitrogen and oxygen atoms in total. The molecule has 1 aromatic rings. The molecule has 17 heavy (non-hydrogen) atoms. The number of allylic oxidation sites excluding steroid dienone is 2. The van der Waals surface area contributed by atoms with Gasteiger partial charge < -0.3 is 10.5 Å². The summed E-state index contributed by atoms with van der Waals surface area (Å²) >= 11 is 5.98. The van der Waals surface area contributed by atoms with Crippen LogP contribution in [0.4, 0.5) is 0 Å². The highest BCUT2D eigenvalue weighted by molar-refractivity contribution is 6.30. The number of benzene rings is 1. The Kier molecular flexibility index (Phi) is 3.38. The fraction of sp³-hybridized carbons (Fsp3) is 0.308. The van der Waals surface area contributed by atoms with Gasteiger partial charge in [-0.1, -0.05) is 11.6 Å². The highest BCUT2D eigenvalue weighted by atomic mass is 35.5. The van der Waals surface area contributed by atoms with Crippen LogP contribution in [0.1, 0.15) is 24.3 Å². The van der Waals surface area contributed by atoms with E-state index in [-0.39, 0.29) is 11.7 Å². The van der Waals surface area contributed by atoms with Crippen molar-refractivity contribution in [1.82, 2.24) is 0 Å². The van der Waals surface area contributed by atoms with E-state index >= 15 is 0 Å². The molecule has 1 aromatic carbocycles. The van der Waals surface area contributed by atoms with Crippen molar-refractivity contribution >= 4 is 17.4 Å². The fourth-order valence-corrected chi connectivity index (χ4v) is 2.35. The molecule has 4 heteroatoms. The Morgan fingerprint density at radius 1 is 1.41 bits per heavy atom. The summed E-state index contributed by atoms with van der Waals surface area (Å²) in [6, 6.07) is 5.43. The minimum absolute atomic E-state index is 0.0563. The van der Waals surface area contributed by atoms with E-state index < -0.39 is 0 Å². The number of ketones is 1. The van der Waals surface area contributed by atoms with E-state index in [1.165, 1.54) is 6.08 Å². The summed E-state index contributed by atoms with van der Waals surface area (Å²) < 4.78 is 5.29. The second-order valence-corrected chi connectivity index (χ2v) is 4.61.